The zero-order valence-corrected chi connectivity index (χ0v) is 13.1. The van der Waals surface area contributed by atoms with Crippen molar-refractivity contribution in [3.8, 4) is 0 Å². The van der Waals surface area contributed by atoms with E-state index in [1.54, 1.807) is 0 Å². The van der Waals surface area contributed by atoms with Gasteiger partial charge >= 0.3 is 0 Å². The highest BCUT2D eigenvalue weighted by molar-refractivity contribution is 5.88. The van der Waals surface area contributed by atoms with Gasteiger partial charge in [0.05, 0.1) is 0 Å². The predicted octanol–water partition coefficient (Wildman–Crippen LogP) is 2.59. The van der Waals surface area contributed by atoms with E-state index in [1.165, 1.54) is 0 Å². The fraction of sp³-hybridized carbons (Fsp3) is 0.529. The number of nitrogens with one attached hydrogen (secondary N) is 1. The monoisotopic (exact) mass is 290 g/mol. The van der Waals surface area contributed by atoms with Gasteiger partial charge in [-0.25, -0.2) is 0 Å². The minimum absolute atomic E-state index is 0.102. The van der Waals surface area contributed by atoms with Crippen LogP contribution in [0, 0.1) is 5.92 Å². The summed E-state index contributed by atoms with van der Waals surface area (Å²) in [5.41, 5.74) is 6.46. The molecule has 0 bridgehead atoms. The predicted molar refractivity (Wildman–Crippen MR) is 84.7 cm³/mol. The first-order valence-electron chi connectivity index (χ1n) is 7.62. The van der Waals surface area contributed by atoms with Crippen LogP contribution in [-0.2, 0) is 9.59 Å². The quantitative estimate of drug-likeness (QED) is 0.772. The molecule has 1 rings (SSSR count). The lowest BCUT2D eigenvalue weighted by Crippen LogP contribution is -2.49. The van der Waals surface area contributed by atoms with Gasteiger partial charge in [-0.3, -0.25) is 9.59 Å². The zero-order valence-electron chi connectivity index (χ0n) is 13.1. The van der Waals surface area contributed by atoms with E-state index in [0.717, 1.165) is 24.8 Å². The minimum atomic E-state index is -0.677. The van der Waals surface area contributed by atoms with Crippen LogP contribution >= 0.6 is 0 Å². The zero-order chi connectivity index (χ0) is 15.8. The number of primary amides is 1. The molecule has 3 atom stereocenters. The Morgan fingerprint density at radius 2 is 1.81 bits per heavy atom. The lowest BCUT2D eigenvalue weighted by Gasteiger charge is -2.24. The van der Waals surface area contributed by atoms with E-state index in [2.05, 4.69) is 12.2 Å². The van der Waals surface area contributed by atoms with Gasteiger partial charge in [-0.15, -0.1) is 0 Å². The van der Waals surface area contributed by atoms with Crippen LogP contribution in [0.4, 0.5) is 0 Å². The highest BCUT2D eigenvalue weighted by Gasteiger charge is 2.27. The second-order valence-electron chi connectivity index (χ2n) is 5.63. The van der Waals surface area contributed by atoms with Crippen molar-refractivity contribution in [2.24, 2.45) is 11.7 Å². The maximum Gasteiger partial charge on any atom is 0.240 e. The Labute approximate surface area is 127 Å². The fourth-order valence-corrected chi connectivity index (χ4v) is 2.33. The van der Waals surface area contributed by atoms with Gasteiger partial charge in [0.1, 0.15) is 6.04 Å². The van der Waals surface area contributed by atoms with Crippen LogP contribution in [0.15, 0.2) is 30.3 Å². The van der Waals surface area contributed by atoms with Gasteiger partial charge < -0.3 is 11.1 Å². The number of hydrogen-bond donors (Lipinski definition) is 2. The first-order valence-corrected chi connectivity index (χ1v) is 7.62. The third-order valence-corrected chi connectivity index (χ3v) is 3.87. The maximum absolute atomic E-state index is 12.2. The second-order valence-corrected chi connectivity index (χ2v) is 5.63. The maximum atomic E-state index is 12.2. The topological polar surface area (TPSA) is 72.2 Å². The van der Waals surface area contributed by atoms with Crippen molar-refractivity contribution in [1.82, 2.24) is 5.32 Å². The van der Waals surface area contributed by atoms with Crippen molar-refractivity contribution < 1.29 is 9.59 Å². The Hall–Kier alpha value is -1.84. The molecular formula is C17H26N2O2. The van der Waals surface area contributed by atoms with Crippen molar-refractivity contribution >= 4 is 11.8 Å². The molecule has 0 aliphatic carbocycles. The molecule has 4 nitrogen and oxygen atoms in total. The summed E-state index contributed by atoms with van der Waals surface area (Å²) in [7, 11) is 0. The summed E-state index contributed by atoms with van der Waals surface area (Å²) >= 11 is 0. The van der Waals surface area contributed by atoms with Crippen LogP contribution in [0.5, 0.6) is 0 Å². The molecule has 21 heavy (non-hydrogen) atoms. The summed E-state index contributed by atoms with van der Waals surface area (Å²) in [5.74, 6) is -0.849. The summed E-state index contributed by atoms with van der Waals surface area (Å²) < 4.78 is 0. The summed E-state index contributed by atoms with van der Waals surface area (Å²) in [6, 6.07) is 8.94. The van der Waals surface area contributed by atoms with Crippen LogP contribution < -0.4 is 11.1 Å². The lowest BCUT2D eigenvalue weighted by atomic mass is 9.92. The first kappa shape index (κ1) is 17.2. The summed E-state index contributed by atoms with van der Waals surface area (Å²) in [4.78, 5) is 23.9. The molecule has 0 heterocycles. The van der Waals surface area contributed by atoms with E-state index in [0.29, 0.717) is 0 Å². The summed E-state index contributed by atoms with van der Waals surface area (Å²) in [6.07, 6.45) is 2.88. The molecular weight excluding hydrogens is 264 g/mol. The van der Waals surface area contributed by atoms with Crippen LogP contribution in [0.25, 0.3) is 0 Å². The highest BCUT2D eigenvalue weighted by atomic mass is 16.2. The van der Waals surface area contributed by atoms with Crippen LogP contribution in [0.3, 0.4) is 0 Å². The molecule has 116 valence electrons. The number of benzene rings is 1. The van der Waals surface area contributed by atoms with E-state index in [-0.39, 0.29) is 17.7 Å². The molecule has 0 saturated carbocycles. The van der Waals surface area contributed by atoms with Crippen molar-refractivity contribution in [3.05, 3.63) is 35.9 Å². The fourth-order valence-electron chi connectivity index (χ4n) is 2.33. The Kier molecular flexibility index (Phi) is 6.92. The van der Waals surface area contributed by atoms with Crippen molar-refractivity contribution in [3.63, 3.8) is 0 Å². The van der Waals surface area contributed by atoms with Gasteiger partial charge in [0, 0.05) is 11.8 Å². The molecule has 0 aliphatic heterocycles. The largest absolute Gasteiger partial charge is 0.368 e. The molecule has 0 radical (unpaired) electrons. The van der Waals surface area contributed by atoms with Gasteiger partial charge in [-0.1, -0.05) is 63.9 Å². The molecule has 1 aromatic rings. The molecule has 0 spiro atoms. The first-order chi connectivity index (χ1) is 9.97. The number of rotatable bonds is 8. The molecule has 3 N–H and O–H groups in total. The van der Waals surface area contributed by atoms with Gasteiger partial charge in [-0.05, 0) is 12.0 Å². The summed E-state index contributed by atoms with van der Waals surface area (Å²) in [5, 5.41) is 2.81. The Bertz CT molecular complexity index is 459. The number of carbonyl (C=O) groups is 2. The van der Waals surface area contributed by atoms with Crippen molar-refractivity contribution in [1.29, 1.82) is 0 Å². The van der Waals surface area contributed by atoms with Crippen LogP contribution in [-0.4, -0.2) is 17.9 Å². The van der Waals surface area contributed by atoms with E-state index in [4.69, 9.17) is 5.73 Å². The minimum Gasteiger partial charge on any atom is -0.368 e. The highest BCUT2D eigenvalue weighted by Crippen LogP contribution is 2.19. The molecule has 0 aliphatic rings. The lowest BCUT2D eigenvalue weighted by molar-refractivity contribution is -0.130. The van der Waals surface area contributed by atoms with Gasteiger partial charge in [0.2, 0.25) is 11.8 Å². The van der Waals surface area contributed by atoms with E-state index in [9.17, 15) is 9.59 Å². The molecule has 3 unspecified atom stereocenters. The molecule has 0 aromatic heterocycles. The van der Waals surface area contributed by atoms with Crippen LogP contribution in [0.1, 0.15) is 51.5 Å². The number of carbonyl (C=O) groups excluding carboxylic acids is 2. The average Bonchev–Trinajstić information content (AvgIpc) is 2.49. The van der Waals surface area contributed by atoms with Gasteiger partial charge in [0.15, 0.2) is 0 Å². The molecule has 4 heteroatoms. The number of nitrogens with two attached hydrogens (primary N) is 1. The third-order valence-electron chi connectivity index (χ3n) is 3.87. The van der Waals surface area contributed by atoms with E-state index in [1.807, 2.05) is 44.2 Å². The van der Waals surface area contributed by atoms with E-state index < -0.39 is 11.9 Å². The number of unbranched alkanes of at least 4 members (excludes halogenated alkanes) is 1. The number of hydrogen-bond acceptors (Lipinski definition) is 2. The SMILES string of the molecule is CCCCC(C)C(=O)NC(C(N)=O)C(C)c1ccccc1. The van der Waals surface area contributed by atoms with E-state index >= 15 is 0 Å². The smallest absolute Gasteiger partial charge is 0.240 e. The Morgan fingerprint density at radius 1 is 1.19 bits per heavy atom. The summed E-state index contributed by atoms with van der Waals surface area (Å²) in [6.45, 7) is 5.88. The Balaban J connectivity index is 2.74. The standard InChI is InChI=1S/C17H26N2O2/c1-4-5-9-12(2)17(21)19-15(16(18)20)13(3)14-10-7-6-8-11-14/h6-8,10-13,15H,4-5,9H2,1-3H3,(H2,18,20)(H,19,21). The number of amides is 2. The molecule has 1 aromatic carbocycles. The molecule has 0 saturated heterocycles. The average molecular weight is 290 g/mol. The second kappa shape index (κ2) is 8.45. The molecule has 0 fully saturated rings. The Morgan fingerprint density at radius 3 is 2.33 bits per heavy atom. The normalized spacial score (nSPS) is 15.0. The van der Waals surface area contributed by atoms with Crippen molar-refractivity contribution in [2.45, 2.75) is 52.0 Å². The molecule has 2 amide bonds. The third kappa shape index (κ3) is 5.21. The van der Waals surface area contributed by atoms with Gasteiger partial charge in [-0.2, -0.15) is 0 Å². The van der Waals surface area contributed by atoms with Gasteiger partial charge in [0.25, 0.3) is 0 Å². The van der Waals surface area contributed by atoms with Crippen LogP contribution in [0.2, 0.25) is 0 Å². The van der Waals surface area contributed by atoms with Crippen molar-refractivity contribution in [2.75, 3.05) is 0 Å².